The number of ether oxygens (including phenoxy) is 2. The number of carbonyl (C=O) groups is 2. The van der Waals surface area contributed by atoms with E-state index in [1.54, 1.807) is 5.48 Å². The second-order valence-electron chi connectivity index (χ2n) is 11.7. The quantitative estimate of drug-likeness (QED) is 0.220. The van der Waals surface area contributed by atoms with Gasteiger partial charge in [0.25, 0.3) is 0 Å². The molecule has 0 bridgehead atoms. The smallest absolute Gasteiger partial charge is 0.243 e. The molecule has 2 aromatic carbocycles. The Hall–Kier alpha value is -2.86. The van der Waals surface area contributed by atoms with Crippen molar-refractivity contribution < 1.29 is 29.4 Å². The summed E-state index contributed by atoms with van der Waals surface area (Å²) in [6.45, 7) is 5.53. The molecule has 0 aromatic heterocycles. The van der Waals surface area contributed by atoms with Crippen LogP contribution in [0.25, 0.3) is 0 Å². The Morgan fingerprint density at radius 2 is 1.57 bits per heavy atom. The van der Waals surface area contributed by atoms with Gasteiger partial charge in [0.15, 0.2) is 6.29 Å². The summed E-state index contributed by atoms with van der Waals surface area (Å²) in [5, 5.41) is 20.9. The molecule has 2 amide bonds. The molecule has 0 radical (unpaired) electrons. The molecule has 3 heterocycles. The first-order valence-electron chi connectivity index (χ1n) is 15.3. The van der Waals surface area contributed by atoms with Crippen LogP contribution in [0.1, 0.15) is 80.5 Å². The lowest BCUT2D eigenvalue weighted by molar-refractivity contribution is -0.253. The average molecular weight is 581 g/mol. The molecule has 3 aliphatic heterocycles. The summed E-state index contributed by atoms with van der Waals surface area (Å²) >= 11 is 0. The average Bonchev–Trinajstić information content (AvgIpc) is 3.70. The standard InChI is InChI=1S/C32H44N4O6/c37-22-23-8-10-24(11-9-23)29-19-28(21-36-18-4-5-27(36)20-35-16-1-2-17-35)41-32(42-29)25-12-14-26(15-13-25)33-30(38)6-3-7-31(39)34-40/h8-15,27-29,32,37,40H,1-7,16-22H2,(H,33,38)(H,34,39)/t27-,28-,29+,32+/m0/s1. The second kappa shape index (κ2) is 15.0. The lowest BCUT2D eigenvalue weighted by Gasteiger charge is -2.39. The number of nitrogens with zero attached hydrogens (tertiary/aromatic N) is 2. The fourth-order valence-corrected chi connectivity index (χ4v) is 6.31. The maximum Gasteiger partial charge on any atom is 0.243 e. The summed E-state index contributed by atoms with van der Waals surface area (Å²) in [4.78, 5) is 28.7. The van der Waals surface area contributed by atoms with Gasteiger partial charge in [0, 0.05) is 49.6 Å². The Balaban J connectivity index is 1.24. The number of hydrogen-bond acceptors (Lipinski definition) is 8. The number of benzene rings is 2. The highest BCUT2D eigenvalue weighted by molar-refractivity contribution is 5.91. The van der Waals surface area contributed by atoms with E-state index in [1.165, 1.54) is 38.8 Å². The monoisotopic (exact) mass is 580 g/mol. The first-order chi connectivity index (χ1) is 20.5. The van der Waals surface area contributed by atoms with Crippen molar-refractivity contribution in [1.82, 2.24) is 15.3 Å². The van der Waals surface area contributed by atoms with Gasteiger partial charge in [0.05, 0.1) is 18.8 Å². The zero-order valence-electron chi connectivity index (χ0n) is 24.2. The summed E-state index contributed by atoms with van der Waals surface area (Å²) in [6.07, 6.45) is 5.74. The maximum atomic E-state index is 12.3. The van der Waals surface area contributed by atoms with E-state index < -0.39 is 12.2 Å². The lowest BCUT2D eigenvalue weighted by Crippen LogP contribution is -2.45. The van der Waals surface area contributed by atoms with Crippen LogP contribution >= 0.6 is 0 Å². The summed E-state index contributed by atoms with van der Waals surface area (Å²) in [5.41, 5.74) is 5.05. The summed E-state index contributed by atoms with van der Waals surface area (Å²) < 4.78 is 13.1. The van der Waals surface area contributed by atoms with Gasteiger partial charge in [-0.25, -0.2) is 5.48 Å². The number of amides is 2. The van der Waals surface area contributed by atoms with E-state index in [4.69, 9.17) is 14.7 Å². The van der Waals surface area contributed by atoms with Gasteiger partial charge in [-0.1, -0.05) is 36.4 Å². The SMILES string of the molecule is O=C(CCCC(=O)Nc1ccc([C@@H]2O[C@H](CN3CCC[C@H]3CN3CCCC3)C[C@H](c3ccc(CO)cc3)O2)cc1)NO. The molecular weight excluding hydrogens is 536 g/mol. The molecule has 10 heteroatoms. The lowest BCUT2D eigenvalue weighted by atomic mass is 9.99. The molecule has 0 unspecified atom stereocenters. The molecule has 4 N–H and O–H groups in total. The van der Waals surface area contributed by atoms with Crippen molar-refractivity contribution in [1.29, 1.82) is 0 Å². The third kappa shape index (κ3) is 8.37. The van der Waals surface area contributed by atoms with Crippen molar-refractivity contribution in [2.45, 2.75) is 82.5 Å². The van der Waals surface area contributed by atoms with Crippen molar-refractivity contribution in [3.63, 3.8) is 0 Å². The van der Waals surface area contributed by atoms with Crippen molar-refractivity contribution in [3.8, 4) is 0 Å². The van der Waals surface area contributed by atoms with E-state index in [-0.39, 0.29) is 37.6 Å². The molecule has 228 valence electrons. The van der Waals surface area contributed by atoms with Gasteiger partial charge in [-0.3, -0.25) is 19.7 Å². The molecule has 3 saturated heterocycles. The van der Waals surface area contributed by atoms with Gasteiger partial charge in [-0.05, 0) is 75.0 Å². The highest BCUT2D eigenvalue weighted by atomic mass is 16.7. The number of nitrogens with one attached hydrogen (secondary N) is 2. The Labute approximate surface area is 247 Å². The molecule has 3 fully saturated rings. The van der Waals surface area contributed by atoms with Crippen LogP contribution in [0.2, 0.25) is 0 Å². The summed E-state index contributed by atoms with van der Waals surface area (Å²) in [5.74, 6) is -0.702. The number of hydroxylamine groups is 1. The topological polar surface area (TPSA) is 124 Å². The Morgan fingerprint density at radius 1 is 0.857 bits per heavy atom. The van der Waals surface area contributed by atoms with Crippen molar-refractivity contribution in [2.75, 3.05) is 38.0 Å². The molecule has 10 nitrogen and oxygen atoms in total. The molecule has 0 aliphatic carbocycles. The maximum absolute atomic E-state index is 12.3. The zero-order valence-corrected chi connectivity index (χ0v) is 24.2. The summed E-state index contributed by atoms with van der Waals surface area (Å²) in [7, 11) is 0. The van der Waals surface area contributed by atoms with Crippen LogP contribution in [0.15, 0.2) is 48.5 Å². The first-order valence-corrected chi connectivity index (χ1v) is 15.3. The van der Waals surface area contributed by atoms with Crippen LogP contribution in [-0.2, 0) is 25.7 Å². The Bertz CT molecular complexity index is 1150. The molecule has 5 rings (SSSR count). The van der Waals surface area contributed by atoms with Crippen molar-refractivity contribution in [2.24, 2.45) is 0 Å². The van der Waals surface area contributed by atoms with Crippen LogP contribution in [0.4, 0.5) is 5.69 Å². The number of likely N-dealkylation sites (tertiary alicyclic amines) is 2. The number of carbonyl (C=O) groups excluding carboxylic acids is 2. The fraction of sp³-hybridized carbons (Fsp3) is 0.562. The normalized spacial score (nSPS) is 25.0. The molecule has 0 saturated carbocycles. The number of rotatable bonds is 12. The number of aliphatic hydroxyl groups is 1. The summed E-state index contributed by atoms with van der Waals surface area (Å²) in [6, 6.07) is 16.0. The molecule has 0 spiro atoms. The minimum absolute atomic E-state index is 0.000877. The molecule has 3 aliphatic rings. The van der Waals surface area contributed by atoms with Gasteiger partial charge in [0.2, 0.25) is 11.8 Å². The predicted octanol–water partition coefficient (Wildman–Crippen LogP) is 3.90. The van der Waals surface area contributed by atoms with E-state index in [9.17, 15) is 14.7 Å². The molecule has 42 heavy (non-hydrogen) atoms. The van der Waals surface area contributed by atoms with Crippen molar-refractivity contribution in [3.05, 3.63) is 65.2 Å². The zero-order chi connectivity index (χ0) is 29.3. The third-order valence-corrected chi connectivity index (χ3v) is 8.62. The minimum Gasteiger partial charge on any atom is -0.392 e. The minimum atomic E-state index is -0.548. The second-order valence-corrected chi connectivity index (χ2v) is 11.7. The van der Waals surface area contributed by atoms with E-state index in [0.717, 1.165) is 42.7 Å². The highest BCUT2D eigenvalue weighted by Crippen LogP contribution is 2.39. The van der Waals surface area contributed by atoms with Gasteiger partial charge < -0.3 is 24.8 Å². The van der Waals surface area contributed by atoms with Gasteiger partial charge in [-0.15, -0.1) is 0 Å². The van der Waals surface area contributed by atoms with Crippen LogP contribution in [0.3, 0.4) is 0 Å². The van der Waals surface area contributed by atoms with Gasteiger partial charge in [-0.2, -0.15) is 0 Å². The number of aliphatic hydroxyl groups excluding tert-OH is 1. The fourth-order valence-electron chi connectivity index (χ4n) is 6.31. The van der Waals surface area contributed by atoms with E-state index in [1.807, 2.05) is 48.5 Å². The van der Waals surface area contributed by atoms with Crippen LogP contribution < -0.4 is 10.8 Å². The highest BCUT2D eigenvalue weighted by Gasteiger charge is 2.36. The largest absolute Gasteiger partial charge is 0.392 e. The van der Waals surface area contributed by atoms with Crippen molar-refractivity contribution >= 4 is 17.5 Å². The Kier molecular flexibility index (Phi) is 11.0. The van der Waals surface area contributed by atoms with E-state index in [2.05, 4.69) is 15.1 Å². The predicted molar refractivity (Wildman–Crippen MR) is 158 cm³/mol. The molecule has 4 atom stereocenters. The third-order valence-electron chi connectivity index (χ3n) is 8.62. The van der Waals surface area contributed by atoms with E-state index in [0.29, 0.717) is 18.2 Å². The van der Waals surface area contributed by atoms with Crippen LogP contribution in [0, 0.1) is 0 Å². The van der Waals surface area contributed by atoms with E-state index >= 15 is 0 Å². The van der Waals surface area contributed by atoms with Crippen LogP contribution in [0.5, 0.6) is 0 Å². The number of hydrogen-bond donors (Lipinski definition) is 4. The molecule has 2 aromatic rings. The Morgan fingerprint density at radius 3 is 2.29 bits per heavy atom. The van der Waals surface area contributed by atoms with Gasteiger partial charge in [0.1, 0.15) is 0 Å². The first kappa shape index (κ1) is 30.6. The van der Waals surface area contributed by atoms with Gasteiger partial charge >= 0.3 is 0 Å². The van der Waals surface area contributed by atoms with Crippen LogP contribution in [-0.4, -0.2) is 76.8 Å². The number of anilines is 1. The molecular formula is C32H44N4O6.